The Bertz CT molecular complexity index is 1460. The average Bonchev–Trinajstić information content (AvgIpc) is 3.28. The lowest BCUT2D eigenvalue weighted by molar-refractivity contribution is -0.122. The molecule has 1 atom stereocenters. The molecule has 3 aromatic carbocycles. The summed E-state index contributed by atoms with van der Waals surface area (Å²) >= 11 is 0. The largest absolute Gasteiger partial charge is 0.340 e. The van der Waals surface area contributed by atoms with Gasteiger partial charge < -0.3 is 20.9 Å². The predicted molar refractivity (Wildman–Crippen MR) is 146 cm³/mol. The van der Waals surface area contributed by atoms with Crippen molar-refractivity contribution in [2.45, 2.75) is 20.3 Å². The minimum absolute atomic E-state index is 0.104. The van der Waals surface area contributed by atoms with Crippen molar-refractivity contribution >= 4 is 46.3 Å². The number of aryl methyl sites for hydroxylation is 2. The van der Waals surface area contributed by atoms with Crippen molar-refractivity contribution in [2.75, 3.05) is 27.4 Å². The summed E-state index contributed by atoms with van der Waals surface area (Å²) in [6, 6.07) is 22.8. The highest BCUT2D eigenvalue weighted by Crippen LogP contribution is 2.27. The van der Waals surface area contributed by atoms with Crippen molar-refractivity contribution in [3.8, 4) is 0 Å². The van der Waals surface area contributed by atoms with Crippen molar-refractivity contribution < 1.29 is 14.0 Å². The Labute approximate surface area is 219 Å². The van der Waals surface area contributed by atoms with Gasteiger partial charge in [0.05, 0.1) is 5.92 Å². The standard InChI is InChI=1S/C29H27FN6O2/c1-18-3-7-22(8-4-18)32-26-15-19(2)31-29(35-26)34-24-11-9-23(10-12-24)33-28(38)20-16-27(37)36(17-20)25-13-5-21(30)6-14-25/h3-15,20H,16-17H2,1-2H3,(H,33,38)(H2,31,32,34,35)/t20-/m0/s1. The van der Waals surface area contributed by atoms with Gasteiger partial charge in [-0.3, -0.25) is 9.59 Å². The highest BCUT2D eigenvalue weighted by molar-refractivity contribution is 6.03. The molecule has 0 saturated carbocycles. The zero-order valence-corrected chi connectivity index (χ0v) is 21.0. The maximum atomic E-state index is 13.2. The number of carbonyl (C=O) groups is 2. The average molecular weight is 511 g/mol. The van der Waals surface area contributed by atoms with Gasteiger partial charge in [0.2, 0.25) is 17.8 Å². The third-order valence-corrected chi connectivity index (χ3v) is 6.22. The molecule has 8 nitrogen and oxygen atoms in total. The van der Waals surface area contributed by atoms with Gasteiger partial charge in [0, 0.05) is 47.5 Å². The monoisotopic (exact) mass is 510 g/mol. The maximum absolute atomic E-state index is 13.2. The molecule has 3 N–H and O–H groups in total. The van der Waals surface area contributed by atoms with Gasteiger partial charge in [-0.25, -0.2) is 9.37 Å². The molecule has 1 fully saturated rings. The first-order chi connectivity index (χ1) is 18.3. The molecule has 192 valence electrons. The molecule has 4 aromatic rings. The fourth-order valence-corrected chi connectivity index (χ4v) is 4.24. The van der Waals surface area contributed by atoms with Gasteiger partial charge >= 0.3 is 0 Å². The molecule has 0 aliphatic carbocycles. The van der Waals surface area contributed by atoms with E-state index in [4.69, 9.17) is 0 Å². The van der Waals surface area contributed by atoms with E-state index in [-0.39, 0.29) is 30.6 Å². The van der Waals surface area contributed by atoms with E-state index >= 15 is 0 Å². The number of anilines is 6. The van der Waals surface area contributed by atoms with E-state index in [0.717, 1.165) is 17.1 Å². The second kappa shape index (κ2) is 10.7. The lowest BCUT2D eigenvalue weighted by Gasteiger charge is -2.16. The van der Waals surface area contributed by atoms with Gasteiger partial charge in [-0.2, -0.15) is 4.98 Å². The highest BCUT2D eigenvalue weighted by atomic mass is 19.1. The zero-order valence-electron chi connectivity index (χ0n) is 21.0. The molecule has 2 amide bonds. The fraction of sp³-hybridized carbons (Fsp3) is 0.172. The number of hydrogen-bond acceptors (Lipinski definition) is 6. The van der Waals surface area contributed by atoms with E-state index in [1.165, 1.54) is 22.6 Å². The van der Waals surface area contributed by atoms with Gasteiger partial charge in [0.25, 0.3) is 0 Å². The SMILES string of the molecule is Cc1ccc(Nc2cc(C)nc(Nc3ccc(NC(=O)[C@H]4CC(=O)N(c5ccc(F)cc5)C4)cc3)n2)cc1. The first-order valence-corrected chi connectivity index (χ1v) is 12.3. The van der Waals surface area contributed by atoms with Crippen LogP contribution in [0.25, 0.3) is 0 Å². The number of carbonyl (C=O) groups excluding carboxylic acids is 2. The van der Waals surface area contributed by atoms with Crippen LogP contribution in [0.2, 0.25) is 0 Å². The Morgan fingerprint density at radius 2 is 1.50 bits per heavy atom. The summed E-state index contributed by atoms with van der Waals surface area (Å²) in [5.74, 6) is -0.148. The number of amides is 2. The van der Waals surface area contributed by atoms with Crippen molar-refractivity contribution in [1.29, 1.82) is 0 Å². The maximum Gasteiger partial charge on any atom is 0.229 e. The number of hydrogen-bond donors (Lipinski definition) is 3. The normalized spacial score (nSPS) is 14.9. The first kappa shape index (κ1) is 24.9. The molecule has 0 radical (unpaired) electrons. The third kappa shape index (κ3) is 5.95. The van der Waals surface area contributed by atoms with Crippen molar-refractivity contribution in [2.24, 2.45) is 5.92 Å². The Hall–Kier alpha value is -4.79. The van der Waals surface area contributed by atoms with Crippen molar-refractivity contribution in [3.63, 3.8) is 0 Å². The van der Waals surface area contributed by atoms with Crippen LogP contribution in [-0.2, 0) is 9.59 Å². The molecule has 0 unspecified atom stereocenters. The van der Waals surface area contributed by atoms with Crippen LogP contribution in [0.1, 0.15) is 17.7 Å². The van der Waals surface area contributed by atoms with Gasteiger partial charge in [-0.05, 0) is 74.5 Å². The van der Waals surface area contributed by atoms with Gasteiger partial charge in [0.15, 0.2) is 0 Å². The summed E-state index contributed by atoms with van der Waals surface area (Å²) in [7, 11) is 0. The summed E-state index contributed by atoms with van der Waals surface area (Å²) in [6.45, 7) is 4.19. The summed E-state index contributed by atoms with van der Waals surface area (Å²) < 4.78 is 13.2. The summed E-state index contributed by atoms with van der Waals surface area (Å²) in [4.78, 5) is 35.8. The Kier molecular flexibility index (Phi) is 6.99. The second-order valence-corrected chi connectivity index (χ2v) is 9.28. The molecule has 0 bridgehead atoms. The number of halogens is 1. The van der Waals surface area contributed by atoms with Crippen molar-refractivity contribution in [3.05, 3.63) is 95.9 Å². The Balaban J connectivity index is 1.20. The molecule has 0 spiro atoms. The van der Waals surface area contributed by atoms with E-state index in [1.54, 1.807) is 24.3 Å². The zero-order chi connectivity index (χ0) is 26.6. The second-order valence-electron chi connectivity index (χ2n) is 9.28. The molecule has 5 rings (SSSR count). The van der Waals surface area contributed by atoms with E-state index in [9.17, 15) is 14.0 Å². The molecular weight excluding hydrogens is 483 g/mol. The quantitative estimate of drug-likeness (QED) is 0.295. The Morgan fingerprint density at radius 3 is 2.21 bits per heavy atom. The van der Waals surface area contributed by atoms with Crippen LogP contribution < -0.4 is 20.9 Å². The number of benzene rings is 3. The number of aromatic nitrogens is 2. The molecule has 1 aromatic heterocycles. The summed E-state index contributed by atoms with van der Waals surface area (Å²) in [5, 5.41) is 9.37. The molecular formula is C29H27FN6O2. The molecule has 1 saturated heterocycles. The summed E-state index contributed by atoms with van der Waals surface area (Å²) in [6.07, 6.45) is 0.104. The number of nitrogens with zero attached hydrogens (tertiary/aromatic N) is 3. The van der Waals surface area contributed by atoms with E-state index in [0.29, 0.717) is 23.1 Å². The van der Waals surface area contributed by atoms with Gasteiger partial charge in [-0.1, -0.05) is 17.7 Å². The van der Waals surface area contributed by atoms with Crippen molar-refractivity contribution in [1.82, 2.24) is 9.97 Å². The Morgan fingerprint density at radius 1 is 0.868 bits per heavy atom. The van der Waals surface area contributed by atoms with Crippen LogP contribution in [0.4, 0.5) is 38.9 Å². The predicted octanol–water partition coefficient (Wildman–Crippen LogP) is 5.71. The topological polar surface area (TPSA) is 99.2 Å². The molecule has 9 heteroatoms. The smallest absolute Gasteiger partial charge is 0.229 e. The minimum Gasteiger partial charge on any atom is -0.340 e. The van der Waals surface area contributed by atoms with Crippen LogP contribution in [0.5, 0.6) is 0 Å². The van der Waals surface area contributed by atoms with Crippen LogP contribution >= 0.6 is 0 Å². The fourth-order valence-electron chi connectivity index (χ4n) is 4.24. The number of rotatable bonds is 7. The van der Waals surface area contributed by atoms with Crippen LogP contribution in [-0.4, -0.2) is 28.3 Å². The minimum atomic E-state index is -0.495. The van der Waals surface area contributed by atoms with E-state index in [2.05, 4.69) is 25.9 Å². The molecule has 38 heavy (non-hydrogen) atoms. The van der Waals surface area contributed by atoms with Crippen LogP contribution in [0.15, 0.2) is 78.9 Å². The molecule has 2 heterocycles. The number of nitrogens with one attached hydrogen (secondary N) is 3. The molecule has 1 aliphatic rings. The van der Waals surface area contributed by atoms with Gasteiger partial charge in [-0.15, -0.1) is 0 Å². The summed E-state index contributed by atoms with van der Waals surface area (Å²) in [5.41, 5.74) is 4.87. The van der Waals surface area contributed by atoms with Gasteiger partial charge in [0.1, 0.15) is 11.6 Å². The van der Waals surface area contributed by atoms with Crippen LogP contribution in [0.3, 0.4) is 0 Å². The first-order valence-electron chi connectivity index (χ1n) is 12.3. The van der Waals surface area contributed by atoms with E-state index in [1.807, 2.05) is 56.3 Å². The molecule has 1 aliphatic heterocycles. The van der Waals surface area contributed by atoms with E-state index < -0.39 is 5.92 Å². The lowest BCUT2D eigenvalue weighted by Crippen LogP contribution is -2.28. The highest BCUT2D eigenvalue weighted by Gasteiger charge is 2.35. The third-order valence-electron chi connectivity index (χ3n) is 6.22. The lowest BCUT2D eigenvalue weighted by atomic mass is 10.1. The van der Waals surface area contributed by atoms with Crippen LogP contribution in [0, 0.1) is 25.6 Å².